The minimum atomic E-state index is -0.272. The van der Waals surface area contributed by atoms with Crippen LogP contribution in [-0.2, 0) is 5.41 Å². The summed E-state index contributed by atoms with van der Waals surface area (Å²) in [5.74, 6) is 0.573. The number of anilines is 6. The summed E-state index contributed by atoms with van der Waals surface area (Å²) in [5.41, 5.74) is 9.67. The Labute approximate surface area is 324 Å². The molecule has 11 rings (SSSR count). The minimum absolute atomic E-state index is 0.181. The molecule has 10 aromatic rings. The zero-order chi connectivity index (χ0) is 37.5. The molecule has 56 heavy (non-hydrogen) atoms. The zero-order valence-corrected chi connectivity index (χ0v) is 31.0. The molecule has 1 aromatic heterocycles. The summed E-state index contributed by atoms with van der Waals surface area (Å²) in [4.78, 5) is 9.41. The van der Waals surface area contributed by atoms with Crippen molar-refractivity contribution >= 4 is 77.3 Å². The predicted octanol–water partition coefficient (Wildman–Crippen LogP) is 14.5. The van der Waals surface area contributed by atoms with Gasteiger partial charge in [0.15, 0.2) is 0 Å². The summed E-state index contributed by atoms with van der Waals surface area (Å²) >= 11 is 0. The van der Waals surface area contributed by atoms with Gasteiger partial charge in [0.2, 0.25) is 0 Å². The van der Waals surface area contributed by atoms with Gasteiger partial charge in [0.25, 0.3) is 0 Å². The quantitative estimate of drug-likeness (QED) is 0.159. The van der Waals surface area contributed by atoms with Gasteiger partial charge in [0.1, 0.15) is 11.6 Å². The zero-order valence-electron chi connectivity index (χ0n) is 31.0. The first-order valence-corrected chi connectivity index (χ1v) is 19.2. The van der Waals surface area contributed by atoms with E-state index in [1.807, 2.05) is 24.4 Å². The number of rotatable bonds is 6. The lowest BCUT2D eigenvalue weighted by molar-refractivity contribution is 0.628. The van der Waals surface area contributed by atoms with Gasteiger partial charge in [-0.25, -0.2) is 9.37 Å². The highest BCUT2D eigenvalue weighted by Gasteiger charge is 2.38. The number of halogens is 1. The summed E-state index contributed by atoms with van der Waals surface area (Å²) in [5, 5.41) is 9.26. The lowest BCUT2D eigenvalue weighted by Gasteiger charge is -2.30. The van der Waals surface area contributed by atoms with Crippen molar-refractivity contribution in [3.8, 4) is 11.1 Å². The molecule has 0 atom stereocenters. The van der Waals surface area contributed by atoms with Gasteiger partial charge in [-0.05, 0) is 110 Å². The Hall–Kier alpha value is -7.04. The molecule has 0 fully saturated rings. The lowest BCUT2D eigenvalue weighted by Crippen LogP contribution is -2.16. The van der Waals surface area contributed by atoms with Crippen LogP contribution in [0.25, 0.3) is 54.2 Å². The van der Waals surface area contributed by atoms with Crippen molar-refractivity contribution in [2.45, 2.75) is 19.3 Å². The number of fused-ring (bicyclic) bond motifs is 4. The van der Waals surface area contributed by atoms with Crippen LogP contribution in [0.3, 0.4) is 0 Å². The first-order valence-electron chi connectivity index (χ1n) is 19.2. The van der Waals surface area contributed by atoms with Crippen molar-refractivity contribution in [2.24, 2.45) is 0 Å². The van der Waals surface area contributed by atoms with E-state index in [4.69, 9.17) is 4.98 Å². The Morgan fingerprint density at radius 1 is 0.464 bits per heavy atom. The molecular formula is C52H36FN3. The molecule has 266 valence electrons. The third-order valence-electron chi connectivity index (χ3n) is 11.9. The van der Waals surface area contributed by atoms with E-state index >= 15 is 4.39 Å². The average Bonchev–Trinajstić information content (AvgIpc) is 3.47. The van der Waals surface area contributed by atoms with Gasteiger partial charge in [0, 0.05) is 39.3 Å². The summed E-state index contributed by atoms with van der Waals surface area (Å²) in [6.07, 6.45) is 1.85. The van der Waals surface area contributed by atoms with Gasteiger partial charge in [-0.2, -0.15) is 0 Å². The highest BCUT2D eigenvalue weighted by molar-refractivity contribution is 6.28. The maximum atomic E-state index is 15.3. The van der Waals surface area contributed by atoms with Gasteiger partial charge < -0.3 is 4.90 Å². The molecule has 0 saturated carbocycles. The number of pyridine rings is 1. The summed E-state index contributed by atoms with van der Waals surface area (Å²) in [7, 11) is 0. The maximum Gasteiger partial charge on any atom is 0.137 e. The second kappa shape index (κ2) is 12.2. The number of nitrogens with zero attached hydrogens (tertiary/aromatic N) is 3. The third-order valence-corrected chi connectivity index (χ3v) is 11.9. The topological polar surface area (TPSA) is 19.4 Å². The highest BCUT2D eigenvalue weighted by Crippen LogP contribution is 2.55. The molecule has 1 aliphatic rings. The van der Waals surface area contributed by atoms with E-state index < -0.39 is 0 Å². The second-order valence-electron chi connectivity index (χ2n) is 15.3. The fourth-order valence-electron chi connectivity index (χ4n) is 9.30. The molecule has 0 spiro atoms. The molecule has 0 unspecified atom stereocenters. The number of hydrogen-bond acceptors (Lipinski definition) is 3. The van der Waals surface area contributed by atoms with E-state index in [2.05, 4.69) is 163 Å². The van der Waals surface area contributed by atoms with Gasteiger partial charge in [-0.1, -0.05) is 129 Å². The molecule has 0 aliphatic heterocycles. The third kappa shape index (κ3) is 4.79. The molecule has 4 heteroatoms. The Kier molecular flexibility index (Phi) is 7.08. The SMILES string of the molecule is CC1(C)c2ccccc2-c2c(N(c3cccc(F)c3)c3ccc4ccc5c(N(c6ccc7ccccc7c6)c6ccccn6)ccc6ccc3c4c65)cccc21. The van der Waals surface area contributed by atoms with Gasteiger partial charge >= 0.3 is 0 Å². The van der Waals surface area contributed by atoms with Crippen LogP contribution >= 0.6 is 0 Å². The maximum absolute atomic E-state index is 15.3. The summed E-state index contributed by atoms with van der Waals surface area (Å²) in [6.45, 7) is 4.60. The molecule has 1 aliphatic carbocycles. The van der Waals surface area contributed by atoms with E-state index in [-0.39, 0.29) is 11.2 Å². The van der Waals surface area contributed by atoms with Crippen molar-refractivity contribution < 1.29 is 4.39 Å². The van der Waals surface area contributed by atoms with Crippen molar-refractivity contribution in [1.82, 2.24) is 4.98 Å². The van der Waals surface area contributed by atoms with E-state index in [0.29, 0.717) is 0 Å². The fraction of sp³-hybridized carbons (Fsp3) is 0.0577. The van der Waals surface area contributed by atoms with Crippen LogP contribution in [0.5, 0.6) is 0 Å². The molecule has 1 heterocycles. The van der Waals surface area contributed by atoms with Crippen LogP contribution in [0.4, 0.5) is 38.6 Å². The number of benzene rings is 9. The Balaban J connectivity index is 1.18. The molecular weight excluding hydrogens is 686 g/mol. The highest BCUT2D eigenvalue weighted by atomic mass is 19.1. The van der Waals surface area contributed by atoms with Crippen molar-refractivity contribution in [2.75, 3.05) is 9.80 Å². The smallest absolute Gasteiger partial charge is 0.137 e. The molecule has 9 aromatic carbocycles. The van der Waals surface area contributed by atoms with Crippen molar-refractivity contribution in [3.63, 3.8) is 0 Å². The number of hydrogen-bond donors (Lipinski definition) is 0. The standard InChI is InChI=1S/C52H36FN3/c1-52(2)43-16-6-5-15-40(43)51-44(52)17-10-18-47(51)55(38-14-9-13-37(53)32-38)45-28-23-34-22-27-42-46(29-24-35-21-26-41(45)49(34)50(35)42)56(48-19-7-8-30-54-48)39-25-20-33-11-3-4-12-36(33)31-39/h3-32H,1-2H3. The second-order valence-corrected chi connectivity index (χ2v) is 15.3. The lowest BCUT2D eigenvalue weighted by atomic mass is 9.82. The van der Waals surface area contributed by atoms with Crippen molar-refractivity contribution in [1.29, 1.82) is 0 Å². The van der Waals surface area contributed by atoms with E-state index in [1.165, 1.54) is 49.9 Å². The number of aromatic nitrogens is 1. The molecule has 0 bridgehead atoms. The van der Waals surface area contributed by atoms with Gasteiger partial charge in [0.05, 0.1) is 17.1 Å². The normalized spacial score (nSPS) is 13.1. The predicted molar refractivity (Wildman–Crippen MR) is 232 cm³/mol. The largest absolute Gasteiger partial charge is 0.309 e. The first kappa shape index (κ1) is 32.4. The molecule has 0 N–H and O–H groups in total. The Bertz CT molecular complexity index is 3150. The average molecular weight is 722 g/mol. The van der Waals surface area contributed by atoms with Crippen molar-refractivity contribution in [3.05, 3.63) is 199 Å². The Morgan fingerprint density at radius 3 is 1.84 bits per heavy atom. The van der Waals surface area contributed by atoms with E-state index in [0.717, 1.165) is 55.8 Å². The van der Waals surface area contributed by atoms with Gasteiger partial charge in [-0.15, -0.1) is 0 Å². The van der Waals surface area contributed by atoms with Crippen LogP contribution < -0.4 is 9.80 Å². The van der Waals surface area contributed by atoms with Crippen LogP contribution in [0.1, 0.15) is 25.0 Å². The fourth-order valence-corrected chi connectivity index (χ4v) is 9.30. The van der Waals surface area contributed by atoms with Crippen LogP contribution in [0.15, 0.2) is 182 Å². The molecule has 0 amide bonds. The monoisotopic (exact) mass is 721 g/mol. The Morgan fingerprint density at radius 2 is 1.09 bits per heavy atom. The molecule has 0 radical (unpaired) electrons. The minimum Gasteiger partial charge on any atom is -0.309 e. The molecule has 3 nitrogen and oxygen atoms in total. The van der Waals surface area contributed by atoms with Crippen LogP contribution in [0, 0.1) is 5.82 Å². The molecule has 0 saturated heterocycles. The van der Waals surface area contributed by atoms with Crippen LogP contribution in [-0.4, -0.2) is 4.98 Å². The van der Waals surface area contributed by atoms with Gasteiger partial charge in [-0.3, -0.25) is 4.90 Å². The summed E-state index contributed by atoms with van der Waals surface area (Å²) < 4.78 is 15.3. The van der Waals surface area contributed by atoms with E-state index in [1.54, 1.807) is 12.1 Å². The van der Waals surface area contributed by atoms with Crippen LogP contribution in [0.2, 0.25) is 0 Å². The summed E-state index contributed by atoms with van der Waals surface area (Å²) in [6, 6.07) is 61.3. The van der Waals surface area contributed by atoms with E-state index in [9.17, 15) is 0 Å². The first-order chi connectivity index (χ1) is 27.5.